The summed E-state index contributed by atoms with van der Waals surface area (Å²) in [5.74, 6) is 1.07. The van der Waals surface area contributed by atoms with E-state index in [0.717, 1.165) is 24.3 Å². The fourth-order valence-electron chi connectivity index (χ4n) is 1.49. The topological polar surface area (TPSA) is 67.8 Å². The van der Waals surface area contributed by atoms with E-state index in [-0.39, 0.29) is 5.84 Å². The summed E-state index contributed by atoms with van der Waals surface area (Å²) in [6, 6.07) is 7.66. The third kappa shape index (κ3) is 5.24. The fraction of sp³-hybridized carbons (Fsp3) is 0.462. The first-order valence-electron chi connectivity index (χ1n) is 5.94. The van der Waals surface area contributed by atoms with Crippen LogP contribution in [0.4, 0.5) is 0 Å². The van der Waals surface area contributed by atoms with Crippen molar-refractivity contribution in [3.05, 3.63) is 29.8 Å². The van der Waals surface area contributed by atoms with Gasteiger partial charge in [0, 0.05) is 6.42 Å². The number of hydrogen-bond donors (Lipinski definition) is 2. The van der Waals surface area contributed by atoms with Crippen LogP contribution in [0.25, 0.3) is 0 Å². The highest BCUT2D eigenvalue weighted by atomic mass is 16.5. The maximum absolute atomic E-state index is 8.46. The van der Waals surface area contributed by atoms with Gasteiger partial charge in [-0.2, -0.15) is 0 Å². The zero-order valence-electron chi connectivity index (χ0n) is 10.2. The van der Waals surface area contributed by atoms with Crippen molar-refractivity contribution < 1.29 is 9.94 Å². The van der Waals surface area contributed by atoms with Crippen molar-refractivity contribution in [2.45, 2.75) is 32.6 Å². The number of nitrogens with zero attached hydrogens (tertiary/aromatic N) is 1. The molecule has 17 heavy (non-hydrogen) atoms. The molecule has 0 aromatic heterocycles. The molecule has 0 saturated heterocycles. The van der Waals surface area contributed by atoms with Crippen LogP contribution < -0.4 is 10.5 Å². The molecule has 0 aliphatic heterocycles. The van der Waals surface area contributed by atoms with Crippen molar-refractivity contribution in [1.82, 2.24) is 0 Å². The molecule has 1 rings (SSSR count). The zero-order chi connectivity index (χ0) is 12.5. The number of amidine groups is 1. The molecule has 0 amide bonds. The summed E-state index contributed by atoms with van der Waals surface area (Å²) in [5, 5.41) is 11.4. The molecule has 0 atom stereocenters. The zero-order valence-corrected chi connectivity index (χ0v) is 10.2. The SMILES string of the molecule is CCCCCOc1ccc(C/C(N)=N/O)cc1. The molecule has 0 radical (unpaired) electrons. The van der Waals surface area contributed by atoms with E-state index in [1.807, 2.05) is 24.3 Å². The van der Waals surface area contributed by atoms with E-state index in [4.69, 9.17) is 15.7 Å². The summed E-state index contributed by atoms with van der Waals surface area (Å²) in [7, 11) is 0. The van der Waals surface area contributed by atoms with Gasteiger partial charge in [0.15, 0.2) is 0 Å². The van der Waals surface area contributed by atoms with Gasteiger partial charge in [0.25, 0.3) is 0 Å². The van der Waals surface area contributed by atoms with Crippen molar-refractivity contribution >= 4 is 5.84 Å². The molecule has 94 valence electrons. The van der Waals surface area contributed by atoms with Crippen molar-refractivity contribution in [3.8, 4) is 5.75 Å². The van der Waals surface area contributed by atoms with E-state index in [2.05, 4.69) is 12.1 Å². The fourth-order valence-corrected chi connectivity index (χ4v) is 1.49. The predicted molar refractivity (Wildman–Crippen MR) is 68.6 cm³/mol. The van der Waals surface area contributed by atoms with Gasteiger partial charge in [0.1, 0.15) is 11.6 Å². The number of nitrogens with two attached hydrogens (primary N) is 1. The second-order valence-corrected chi connectivity index (χ2v) is 3.97. The molecule has 3 N–H and O–H groups in total. The van der Waals surface area contributed by atoms with Crippen LogP contribution in [0.3, 0.4) is 0 Å². The second kappa shape index (κ2) is 7.54. The summed E-state index contributed by atoms with van der Waals surface area (Å²) in [4.78, 5) is 0. The quantitative estimate of drug-likeness (QED) is 0.251. The summed E-state index contributed by atoms with van der Waals surface area (Å²) in [5.41, 5.74) is 6.43. The number of oxime groups is 1. The molecule has 0 bridgehead atoms. The standard InChI is InChI=1S/C13H20N2O2/c1-2-3-4-9-17-12-7-5-11(6-8-12)10-13(14)15-16/h5-8,16H,2-4,9-10H2,1H3,(H2,14,15). The van der Waals surface area contributed by atoms with Crippen molar-refractivity contribution in [2.75, 3.05) is 6.61 Å². The van der Waals surface area contributed by atoms with E-state index in [1.165, 1.54) is 12.8 Å². The van der Waals surface area contributed by atoms with Crippen molar-refractivity contribution in [2.24, 2.45) is 10.9 Å². The molecule has 4 nitrogen and oxygen atoms in total. The average molecular weight is 236 g/mol. The first-order chi connectivity index (χ1) is 8.26. The van der Waals surface area contributed by atoms with E-state index < -0.39 is 0 Å². The Morgan fingerprint density at radius 1 is 1.29 bits per heavy atom. The average Bonchev–Trinajstić information content (AvgIpc) is 2.36. The third-order valence-corrected chi connectivity index (χ3v) is 2.45. The van der Waals surface area contributed by atoms with Gasteiger partial charge in [0.05, 0.1) is 6.61 Å². The molecule has 0 saturated carbocycles. The highest BCUT2D eigenvalue weighted by Gasteiger charge is 1.98. The largest absolute Gasteiger partial charge is 0.494 e. The Hall–Kier alpha value is -1.71. The van der Waals surface area contributed by atoms with Gasteiger partial charge >= 0.3 is 0 Å². The Labute approximate surface area is 102 Å². The van der Waals surface area contributed by atoms with Crippen LogP contribution in [-0.4, -0.2) is 17.6 Å². The molecule has 0 heterocycles. The van der Waals surface area contributed by atoms with Crippen LogP contribution in [0.1, 0.15) is 31.7 Å². The van der Waals surface area contributed by atoms with Gasteiger partial charge in [-0.05, 0) is 24.1 Å². The Balaban J connectivity index is 2.39. The molecular formula is C13H20N2O2. The van der Waals surface area contributed by atoms with Crippen molar-refractivity contribution in [1.29, 1.82) is 0 Å². The van der Waals surface area contributed by atoms with E-state index in [9.17, 15) is 0 Å². The maximum Gasteiger partial charge on any atom is 0.143 e. The second-order valence-electron chi connectivity index (χ2n) is 3.97. The van der Waals surface area contributed by atoms with Gasteiger partial charge < -0.3 is 15.7 Å². The van der Waals surface area contributed by atoms with Crippen LogP contribution in [0, 0.1) is 0 Å². The smallest absolute Gasteiger partial charge is 0.143 e. The lowest BCUT2D eigenvalue weighted by Crippen LogP contribution is -2.14. The summed E-state index contributed by atoms with van der Waals surface area (Å²) in [6.07, 6.45) is 3.93. The highest BCUT2D eigenvalue weighted by Crippen LogP contribution is 2.13. The van der Waals surface area contributed by atoms with Gasteiger partial charge in [-0.25, -0.2) is 0 Å². The summed E-state index contributed by atoms with van der Waals surface area (Å²) in [6.45, 7) is 2.93. The molecule has 1 aromatic rings. The Bertz CT molecular complexity index is 347. The third-order valence-electron chi connectivity index (χ3n) is 2.45. The molecule has 0 unspecified atom stereocenters. The first-order valence-corrected chi connectivity index (χ1v) is 5.94. The normalized spacial score (nSPS) is 11.5. The molecule has 4 heteroatoms. The number of benzene rings is 1. The highest BCUT2D eigenvalue weighted by molar-refractivity contribution is 5.81. The molecule has 0 aliphatic carbocycles. The van der Waals surface area contributed by atoms with Crippen LogP contribution in [0.2, 0.25) is 0 Å². The van der Waals surface area contributed by atoms with E-state index in [1.54, 1.807) is 0 Å². The van der Waals surface area contributed by atoms with Crippen LogP contribution >= 0.6 is 0 Å². The first kappa shape index (κ1) is 13.4. The van der Waals surface area contributed by atoms with Crippen LogP contribution in [0.5, 0.6) is 5.75 Å². The Morgan fingerprint density at radius 2 is 2.00 bits per heavy atom. The van der Waals surface area contributed by atoms with Gasteiger partial charge in [-0.3, -0.25) is 0 Å². The van der Waals surface area contributed by atoms with E-state index >= 15 is 0 Å². The minimum atomic E-state index is 0.210. The van der Waals surface area contributed by atoms with Crippen molar-refractivity contribution in [3.63, 3.8) is 0 Å². The minimum Gasteiger partial charge on any atom is -0.494 e. The lowest BCUT2D eigenvalue weighted by Gasteiger charge is -2.06. The van der Waals surface area contributed by atoms with Gasteiger partial charge in [0.2, 0.25) is 0 Å². The molecular weight excluding hydrogens is 216 g/mol. The number of hydrogen-bond acceptors (Lipinski definition) is 3. The van der Waals surface area contributed by atoms with Crippen LogP contribution in [0.15, 0.2) is 29.4 Å². The maximum atomic E-state index is 8.46. The molecule has 0 spiro atoms. The Morgan fingerprint density at radius 3 is 2.59 bits per heavy atom. The number of rotatable bonds is 7. The summed E-state index contributed by atoms with van der Waals surface area (Å²) >= 11 is 0. The Kier molecular flexibility index (Phi) is 5.93. The molecule has 0 fully saturated rings. The van der Waals surface area contributed by atoms with E-state index in [0.29, 0.717) is 6.42 Å². The number of ether oxygens (including phenoxy) is 1. The van der Waals surface area contributed by atoms with Gasteiger partial charge in [-0.1, -0.05) is 37.1 Å². The molecule has 0 aliphatic rings. The predicted octanol–water partition coefficient (Wildman–Crippen LogP) is 2.54. The minimum absolute atomic E-state index is 0.210. The monoisotopic (exact) mass is 236 g/mol. The summed E-state index contributed by atoms with van der Waals surface area (Å²) < 4.78 is 5.58. The lowest BCUT2D eigenvalue weighted by atomic mass is 10.1. The number of unbranched alkanes of at least 4 members (excludes halogenated alkanes) is 2. The lowest BCUT2D eigenvalue weighted by molar-refractivity contribution is 0.306. The van der Waals surface area contributed by atoms with Gasteiger partial charge in [-0.15, -0.1) is 0 Å². The molecule has 1 aromatic carbocycles. The van der Waals surface area contributed by atoms with Crippen LogP contribution in [-0.2, 0) is 6.42 Å².